The molecule has 4 nitrogen and oxygen atoms in total. The van der Waals surface area contributed by atoms with Crippen molar-refractivity contribution in [3.63, 3.8) is 0 Å². The van der Waals surface area contributed by atoms with Gasteiger partial charge in [0.15, 0.2) is 0 Å². The topological polar surface area (TPSA) is 49.8 Å². The number of ether oxygens (including phenoxy) is 1. The van der Waals surface area contributed by atoms with Crippen LogP contribution in [-0.4, -0.2) is 34.3 Å². The van der Waals surface area contributed by atoms with Gasteiger partial charge >= 0.3 is 6.09 Å². The first-order valence-corrected chi connectivity index (χ1v) is 10.2. The molecule has 2 aromatic rings. The number of aryl methyl sites for hydroxylation is 1. The van der Waals surface area contributed by atoms with Crippen molar-refractivity contribution >= 4 is 27.5 Å². The summed E-state index contributed by atoms with van der Waals surface area (Å²) in [6.07, 6.45) is 1.75. The first-order chi connectivity index (χ1) is 12.1. The molecule has 1 aromatic heterocycles. The molecule has 1 N–H and O–H groups in total. The summed E-state index contributed by atoms with van der Waals surface area (Å²) in [6.45, 7) is 10.3. The van der Waals surface area contributed by atoms with E-state index in [1.54, 1.807) is 16.2 Å². The molecule has 1 fully saturated rings. The SMILES string of the molecule is CCc1cccc2sc(C3(O)CCN(C(=O)OC(C)(C)C)C(C)C3)cc12. The van der Waals surface area contributed by atoms with E-state index in [0.29, 0.717) is 19.4 Å². The number of thiophene rings is 1. The maximum atomic E-state index is 12.4. The minimum absolute atomic E-state index is 0.0699. The number of piperidine rings is 1. The zero-order valence-corrected chi connectivity index (χ0v) is 17.2. The van der Waals surface area contributed by atoms with E-state index in [1.807, 2.05) is 27.7 Å². The van der Waals surface area contributed by atoms with Crippen LogP contribution in [0.2, 0.25) is 0 Å². The standard InChI is InChI=1S/C21H29NO3S/c1-6-15-8-7-9-17-16(15)12-18(26-17)21(24)10-11-22(14(2)13-21)19(23)25-20(3,4)5/h7-9,12,14,24H,6,10-11,13H2,1-5H3. The fraction of sp³-hybridized carbons (Fsp3) is 0.571. The number of benzene rings is 1. The predicted octanol–water partition coefficient (Wildman–Crippen LogP) is 5.07. The molecule has 0 saturated carbocycles. The molecule has 142 valence electrons. The Bertz CT molecular complexity index is 807. The largest absolute Gasteiger partial charge is 0.444 e. The van der Waals surface area contributed by atoms with Crippen molar-refractivity contribution in [2.24, 2.45) is 0 Å². The van der Waals surface area contributed by atoms with Gasteiger partial charge in [0.1, 0.15) is 11.2 Å². The average Bonchev–Trinajstić information content (AvgIpc) is 2.98. The number of rotatable bonds is 2. The van der Waals surface area contributed by atoms with Crippen LogP contribution in [0.3, 0.4) is 0 Å². The number of hydrogen-bond donors (Lipinski definition) is 1. The second-order valence-electron chi connectivity index (χ2n) is 8.30. The molecule has 2 unspecified atom stereocenters. The highest BCUT2D eigenvalue weighted by molar-refractivity contribution is 7.19. The monoisotopic (exact) mass is 375 g/mol. The molecular formula is C21H29NO3S. The van der Waals surface area contributed by atoms with Gasteiger partial charge in [-0.1, -0.05) is 19.1 Å². The van der Waals surface area contributed by atoms with Gasteiger partial charge in [0.2, 0.25) is 0 Å². The lowest BCUT2D eigenvalue weighted by Gasteiger charge is -2.42. The molecule has 2 atom stereocenters. The first kappa shape index (κ1) is 19.2. The Labute approximate surface area is 159 Å². The van der Waals surface area contributed by atoms with Gasteiger partial charge in [0.25, 0.3) is 0 Å². The van der Waals surface area contributed by atoms with E-state index in [9.17, 15) is 9.90 Å². The van der Waals surface area contributed by atoms with E-state index in [1.165, 1.54) is 15.6 Å². The Morgan fingerprint density at radius 3 is 2.77 bits per heavy atom. The zero-order chi connectivity index (χ0) is 19.1. The van der Waals surface area contributed by atoms with Gasteiger partial charge in [0.05, 0.1) is 0 Å². The number of carbonyl (C=O) groups is 1. The average molecular weight is 376 g/mol. The van der Waals surface area contributed by atoms with Crippen LogP contribution in [0.1, 0.15) is 57.9 Å². The van der Waals surface area contributed by atoms with Gasteiger partial charge in [-0.05, 0) is 63.6 Å². The lowest BCUT2D eigenvalue weighted by molar-refractivity contribution is -0.0525. The molecule has 0 bridgehead atoms. The van der Waals surface area contributed by atoms with Crippen molar-refractivity contribution in [2.45, 2.75) is 71.1 Å². The summed E-state index contributed by atoms with van der Waals surface area (Å²) in [6, 6.07) is 8.43. The second kappa shape index (κ2) is 6.86. The first-order valence-electron chi connectivity index (χ1n) is 9.37. The Morgan fingerprint density at radius 2 is 2.15 bits per heavy atom. The van der Waals surface area contributed by atoms with E-state index >= 15 is 0 Å². The molecule has 3 rings (SSSR count). The summed E-state index contributed by atoms with van der Waals surface area (Å²) >= 11 is 1.67. The van der Waals surface area contributed by atoms with Crippen LogP contribution in [0, 0.1) is 0 Å². The third-order valence-corrected chi connectivity index (χ3v) is 6.34. The quantitative estimate of drug-likeness (QED) is 0.797. The van der Waals surface area contributed by atoms with Crippen LogP contribution in [-0.2, 0) is 16.8 Å². The van der Waals surface area contributed by atoms with Crippen LogP contribution in [0.15, 0.2) is 24.3 Å². The van der Waals surface area contributed by atoms with Gasteiger partial charge in [-0.15, -0.1) is 11.3 Å². The van der Waals surface area contributed by atoms with Crippen molar-refractivity contribution in [3.8, 4) is 0 Å². The normalized spacial score (nSPS) is 24.1. The number of likely N-dealkylation sites (tertiary alicyclic amines) is 1. The van der Waals surface area contributed by atoms with E-state index in [0.717, 1.165) is 11.3 Å². The molecule has 2 heterocycles. The molecule has 1 saturated heterocycles. The highest BCUT2D eigenvalue weighted by Gasteiger charge is 2.41. The zero-order valence-electron chi connectivity index (χ0n) is 16.3. The molecular weight excluding hydrogens is 346 g/mol. The number of amides is 1. The summed E-state index contributed by atoms with van der Waals surface area (Å²) in [7, 11) is 0. The molecule has 5 heteroatoms. The second-order valence-corrected chi connectivity index (χ2v) is 9.39. The Balaban J connectivity index is 1.81. The van der Waals surface area contributed by atoms with Crippen molar-refractivity contribution < 1.29 is 14.6 Å². The van der Waals surface area contributed by atoms with Crippen LogP contribution in [0.4, 0.5) is 4.79 Å². The van der Waals surface area contributed by atoms with Gasteiger partial charge in [-0.3, -0.25) is 0 Å². The minimum Gasteiger partial charge on any atom is -0.444 e. The van der Waals surface area contributed by atoms with Gasteiger partial charge in [0, 0.05) is 28.6 Å². The third-order valence-electron chi connectivity index (χ3n) is 5.05. The number of nitrogens with zero attached hydrogens (tertiary/aromatic N) is 1. The molecule has 26 heavy (non-hydrogen) atoms. The Kier molecular flexibility index (Phi) is 5.06. The van der Waals surface area contributed by atoms with Crippen molar-refractivity contribution in [2.75, 3.05) is 6.54 Å². The molecule has 1 aliphatic heterocycles. The maximum Gasteiger partial charge on any atom is 0.410 e. The van der Waals surface area contributed by atoms with E-state index in [2.05, 4.69) is 31.2 Å². The highest BCUT2D eigenvalue weighted by Crippen LogP contribution is 2.42. The molecule has 0 spiro atoms. The number of hydrogen-bond acceptors (Lipinski definition) is 4. The van der Waals surface area contributed by atoms with Gasteiger partial charge < -0.3 is 14.7 Å². The van der Waals surface area contributed by atoms with E-state index in [4.69, 9.17) is 4.74 Å². The third kappa shape index (κ3) is 3.74. The van der Waals surface area contributed by atoms with Crippen molar-refractivity contribution in [1.82, 2.24) is 4.90 Å². The lowest BCUT2D eigenvalue weighted by atomic mass is 9.85. The fourth-order valence-electron chi connectivity index (χ4n) is 3.70. The van der Waals surface area contributed by atoms with E-state index < -0.39 is 11.2 Å². The summed E-state index contributed by atoms with van der Waals surface area (Å²) in [5.74, 6) is 0. The molecule has 1 aromatic carbocycles. The molecule has 0 radical (unpaired) electrons. The van der Waals surface area contributed by atoms with Crippen LogP contribution in [0.25, 0.3) is 10.1 Å². The van der Waals surface area contributed by atoms with Crippen LogP contribution < -0.4 is 0 Å². The predicted molar refractivity (Wildman–Crippen MR) is 107 cm³/mol. The molecule has 1 amide bonds. The highest BCUT2D eigenvalue weighted by atomic mass is 32.1. The fourth-order valence-corrected chi connectivity index (χ4v) is 4.94. The Hall–Kier alpha value is -1.59. The Morgan fingerprint density at radius 1 is 1.42 bits per heavy atom. The number of carbonyl (C=O) groups excluding carboxylic acids is 1. The van der Waals surface area contributed by atoms with Crippen LogP contribution >= 0.6 is 11.3 Å². The summed E-state index contributed by atoms with van der Waals surface area (Å²) in [5, 5.41) is 12.6. The van der Waals surface area contributed by atoms with E-state index in [-0.39, 0.29) is 12.1 Å². The number of fused-ring (bicyclic) bond motifs is 1. The molecule has 0 aliphatic carbocycles. The molecule has 1 aliphatic rings. The maximum absolute atomic E-state index is 12.4. The van der Waals surface area contributed by atoms with Crippen molar-refractivity contribution in [1.29, 1.82) is 0 Å². The number of aliphatic hydroxyl groups is 1. The lowest BCUT2D eigenvalue weighted by Crippen LogP contribution is -2.51. The smallest absolute Gasteiger partial charge is 0.410 e. The van der Waals surface area contributed by atoms with Crippen molar-refractivity contribution in [3.05, 3.63) is 34.7 Å². The summed E-state index contributed by atoms with van der Waals surface area (Å²) in [5.41, 5.74) is -0.0769. The van der Waals surface area contributed by atoms with Gasteiger partial charge in [-0.25, -0.2) is 4.79 Å². The summed E-state index contributed by atoms with van der Waals surface area (Å²) < 4.78 is 6.73. The minimum atomic E-state index is -0.882. The van der Waals surface area contributed by atoms with Crippen LogP contribution in [0.5, 0.6) is 0 Å². The summed E-state index contributed by atoms with van der Waals surface area (Å²) in [4.78, 5) is 15.2. The van der Waals surface area contributed by atoms with Gasteiger partial charge in [-0.2, -0.15) is 0 Å².